The molecule has 0 bridgehead atoms. The number of hydrogen-bond donors (Lipinski definition) is 0. The van der Waals surface area contributed by atoms with Crippen LogP contribution in [0.5, 0.6) is 0 Å². The summed E-state index contributed by atoms with van der Waals surface area (Å²) in [6.45, 7) is 22.5. The van der Waals surface area contributed by atoms with E-state index in [0.29, 0.717) is 23.7 Å². The first-order valence-corrected chi connectivity index (χ1v) is 15.1. The van der Waals surface area contributed by atoms with E-state index in [9.17, 15) is 0 Å². The van der Waals surface area contributed by atoms with Gasteiger partial charge < -0.3 is 7.43 Å². The van der Waals surface area contributed by atoms with Gasteiger partial charge in [-0.2, -0.15) is 12.1 Å². The molecule has 0 aromatic heterocycles. The van der Waals surface area contributed by atoms with Crippen LogP contribution in [-0.4, -0.2) is 10.2 Å². The third-order valence-corrected chi connectivity index (χ3v) is 7.73. The number of fused-ring (bicyclic) bond motifs is 2. The Balaban J connectivity index is 0. The third-order valence-electron chi connectivity index (χ3n) is 7.39. The molecule has 230 valence electrons. The monoisotopic (exact) mass is 708 g/mol. The Bertz CT molecular complexity index is 1390. The van der Waals surface area contributed by atoms with Gasteiger partial charge in [-0.15, -0.1) is 81.8 Å². The second kappa shape index (κ2) is 19.8. The molecular formula is C39H52Cl2SiZr. The predicted octanol–water partition coefficient (Wildman–Crippen LogP) is 12.0. The van der Waals surface area contributed by atoms with Gasteiger partial charge in [0.05, 0.1) is 10.2 Å². The van der Waals surface area contributed by atoms with Crippen LogP contribution in [0.4, 0.5) is 0 Å². The molecule has 0 fully saturated rings. The quantitative estimate of drug-likeness (QED) is 0.129. The summed E-state index contributed by atoms with van der Waals surface area (Å²) in [5, 5.41) is 6.83. The predicted molar refractivity (Wildman–Crippen MR) is 198 cm³/mol. The van der Waals surface area contributed by atoms with Crippen molar-refractivity contribution in [2.75, 3.05) is 0 Å². The minimum atomic E-state index is 0. The summed E-state index contributed by atoms with van der Waals surface area (Å²) in [5.41, 5.74) is 8.66. The average Bonchev–Trinajstić information content (AvgIpc) is 3.44. The molecule has 0 amide bonds. The molecule has 0 N–H and O–H groups in total. The van der Waals surface area contributed by atoms with Gasteiger partial charge in [0, 0.05) is 0 Å². The summed E-state index contributed by atoms with van der Waals surface area (Å²) in [7, 11) is 3.36. The van der Waals surface area contributed by atoms with Gasteiger partial charge in [0.2, 0.25) is 0 Å². The van der Waals surface area contributed by atoms with Crippen LogP contribution in [-0.2, 0) is 26.2 Å². The van der Waals surface area contributed by atoms with Gasteiger partial charge in [-0.05, 0) is 23.7 Å². The number of halogens is 2. The third kappa shape index (κ3) is 12.1. The molecule has 0 saturated carbocycles. The van der Waals surface area contributed by atoms with Crippen molar-refractivity contribution >= 4 is 61.8 Å². The molecule has 0 spiro atoms. The minimum Gasteiger partial charge on any atom is -0.358 e. The number of rotatable bonds is 4. The van der Waals surface area contributed by atoms with E-state index in [2.05, 4.69) is 128 Å². The Hall–Kier alpha value is -1.44. The summed E-state index contributed by atoms with van der Waals surface area (Å²) in [5.74, 6) is 2.42. The molecule has 0 heterocycles. The Morgan fingerprint density at radius 3 is 1.14 bits per heavy atom. The van der Waals surface area contributed by atoms with Crippen molar-refractivity contribution in [3.8, 4) is 0 Å². The van der Waals surface area contributed by atoms with Crippen LogP contribution in [0, 0.1) is 21.3 Å². The number of benzene rings is 3. The van der Waals surface area contributed by atoms with Gasteiger partial charge in [-0.3, -0.25) is 0 Å². The summed E-state index contributed by atoms with van der Waals surface area (Å²) in [6, 6.07) is 28.7. The molecule has 5 aromatic rings. The van der Waals surface area contributed by atoms with Gasteiger partial charge in [0.25, 0.3) is 0 Å². The van der Waals surface area contributed by atoms with Gasteiger partial charge in [0.15, 0.2) is 0 Å². The summed E-state index contributed by atoms with van der Waals surface area (Å²) < 4.78 is 0. The molecule has 0 aliphatic carbocycles. The Morgan fingerprint density at radius 2 is 0.884 bits per heavy atom. The molecule has 4 radical (unpaired) electrons. The van der Waals surface area contributed by atoms with Crippen LogP contribution >= 0.6 is 24.8 Å². The Kier molecular flexibility index (Phi) is 20.2. The van der Waals surface area contributed by atoms with Crippen molar-refractivity contribution < 1.29 is 26.2 Å². The second-order valence-corrected chi connectivity index (χ2v) is 12.9. The minimum absolute atomic E-state index is 0. The molecule has 5 aromatic carbocycles. The van der Waals surface area contributed by atoms with Crippen LogP contribution < -0.4 is 5.19 Å². The standard InChI is InChI=1S/2C16H21.C6H5Si.CH3.2ClH.Zr/c2*1-10(2)13-8-14-6-12(5)7-16(14)15(9-13)11(3)4;7-6-4-2-1-3-5-6;;;;/h2*6-11H,1-5H3;1-5H;1H3;2*1H;/q2*-1;;-1;;;+3. The van der Waals surface area contributed by atoms with Crippen LogP contribution in [0.2, 0.25) is 0 Å². The summed E-state index contributed by atoms with van der Waals surface area (Å²) in [6.07, 6.45) is 0. The zero-order valence-corrected chi connectivity index (χ0v) is 33.2. The first-order chi connectivity index (χ1) is 18.4. The van der Waals surface area contributed by atoms with Crippen molar-refractivity contribution in [1.29, 1.82) is 0 Å². The maximum absolute atomic E-state index is 3.36. The molecule has 0 nitrogen and oxygen atoms in total. The van der Waals surface area contributed by atoms with E-state index >= 15 is 0 Å². The fourth-order valence-electron chi connectivity index (χ4n) is 5.11. The average molecular weight is 711 g/mol. The largest absolute Gasteiger partial charge is 3.00 e. The Labute approximate surface area is 298 Å². The van der Waals surface area contributed by atoms with E-state index < -0.39 is 0 Å². The molecular weight excluding hydrogens is 659 g/mol. The van der Waals surface area contributed by atoms with Crippen molar-refractivity contribution in [3.63, 3.8) is 0 Å². The molecule has 5 rings (SSSR count). The normalized spacial score (nSPS) is 10.3. The van der Waals surface area contributed by atoms with E-state index in [1.165, 1.54) is 54.9 Å². The smallest absolute Gasteiger partial charge is 0.358 e. The van der Waals surface area contributed by atoms with Gasteiger partial charge >= 0.3 is 26.2 Å². The van der Waals surface area contributed by atoms with Crippen molar-refractivity contribution in [2.24, 2.45) is 0 Å². The molecule has 0 atom stereocenters. The Morgan fingerprint density at radius 1 is 0.535 bits per heavy atom. The maximum atomic E-state index is 3.36. The van der Waals surface area contributed by atoms with E-state index in [4.69, 9.17) is 0 Å². The molecule has 4 heteroatoms. The van der Waals surface area contributed by atoms with Crippen molar-refractivity contribution in [2.45, 2.75) is 92.9 Å². The summed E-state index contributed by atoms with van der Waals surface area (Å²) >= 11 is 0. The molecule has 0 unspecified atom stereocenters. The second-order valence-electron chi connectivity index (χ2n) is 12.3. The van der Waals surface area contributed by atoms with E-state index in [-0.39, 0.29) is 58.4 Å². The fourth-order valence-corrected chi connectivity index (χ4v) is 5.30. The van der Waals surface area contributed by atoms with Crippen molar-refractivity contribution in [3.05, 3.63) is 120 Å². The van der Waals surface area contributed by atoms with Crippen LogP contribution in [0.25, 0.3) is 21.5 Å². The van der Waals surface area contributed by atoms with E-state index in [0.717, 1.165) is 5.19 Å². The molecule has 0 aliphatic heterocycles. The maximum Gasteiger partial charge on any atom is 3.00 e. The summed E-state index contributed by atoms with van der Waals surface area (Å²) in [4.78, 5) is 0. The van der Waals surface area contributed by atoms with Crippen molar-refractivity contribution in [1.82, 2.24) is 0 Å². The van der Waals surface area contributed by atoms with Crippen LogP contribution in [0.15, 0.2) is 78.9 Å². The molecule has 0 saturated heterocycles. The van der Waals surface area contributed by atoms with Gasteiger partial charge in [-0.1, -0.05) is 139 Å². The van der Waals surface area contributed by atoms with Crippen LogP contribution in [0.1, 0.15) is 112 Å². The topological polar surface area (TPSA) is 0 Å². The zero-order valence-electron chi connectivity index (χ0n) is 28.1. The van der Waals surface area contributed by atoms with E-state index in [1.807, 2.05) is 30.3 Å². The van der Waals surface area contributed by atoms with Gasteiger partial charge in [0.1, 0.15) is 0 Å². The SMILES string of the molecule is Cc1cc2c(C(C)C)cc(C(C)C)cc2[cH-]1.Cc1cc2c(C(C)C)cc(C(C)C)cc2[cH-]1.Cl.Cl.[CH3-].[Si]c1ccccc1.[Zr+3]. The zero-order chi connectivity index (χ0) is 28.9. The molecule has 0 aliphatic rings. The number of aryl methyl sites for hydroxylation is 2. The van der Waals surface area contributed by atoms with E-state index in [1.54, 1.807) is 0 Å². The molecule has 43 heavy (non-hydrogen) atoms. The fraction of sp³-hybridized carbons (Fsp3) is 0.359. The van der Waals surface area contributed by atoms with Crippen LogP contribution in [0.3, 0.4) is 0 Å². The number of hydrogen-bond acceptors (Lipinski definition) is 0. The van der Waals surface area contributed by atoms with Gasteiger partial charge in [-0.25, -0.2) is 0 Å². The first-order valence-electron chi connectivity index (χ1n) is 14.6. The first kappa shape index (κ1) is 43.7.